The van der Waals surface area contributed by atoms with E-state index in [1.165, 1.54) is 7.11 Å². The van der Waals surface area contributed by atoms with Crippen LogP contribution in [0.25, 0.3) is 0 Å². The third-order valence-corrected chi connectivity index (χ3v) is 13.1. The Morgan fingerprint density at radius 2 is 1.60 bits per heavy atom. The van der Waals surface area contributed by atoms with Crippen molar-refractivity contribution in [3.63, 3.8) is 0 Å². The van der Waals surface area contributed by atoms with E-state index in [0.717, 1.165) is 47.9 Å². The molecular weight excluding hydrogens is 855 g/mol. The van der Waals surface area contributed by atoms with E-state index in [1.807, 2.05) is 60.7 Å². The van der Waals surface area contributed by atoms with E-state index in [0.29, 0.717) is 47.2 Å². The van der Waals surface area contributed by atoms with Gasteiger partial charge in [-0.2, -0.15) is 0 Å². The van der Waals surface area contributed by atoms with Crippen LogP contribution in [0.1, 0.15) is 67.6 Å². The molecule has 7 rings (SSSR count). The summed E-state index contributed by atoms with van der Waals surface area (Å²) in [6, 6.07) is 26.9. The van der Waals surface area contributed by atoms with Gasteiger partial charge in [-0.05, 0) is 96.7 Å². The van der Waals surface area contributed by atoms with Crippen molar-refractivity contribution < 1.29 is 53.1 Å². The summed E-state index contributed by atoms with van der Waals surface area (Å²) < 4.78 is 36.7. The number of fused-ring (bicyclic) bond motifs is 2. The van der Waals surface area contributed by atoms with E-state index in [9.17, 15) is 19.8 Å². The number of hydrogen-bond acceptors (Lipinski definition) is 12. The predicted molar refractivity (Wildman–Crippen MR) is 255 cm³/mol. The summed E-state index contributed by atoms with van der Waals surface area (Å²) in [5.74, 6) is -0.111. The van der Waals surface area contributed by atoms with E-state index in [1.54, 1.807) is 62.6 Å². The van der Waals surface area contributed by atoms with Crippen LogP contribution in [-0.2, 0) is 27.4 Å². The van der Waals surface area contributed by atoms with E-state index in [-0.39, 0.29) is 68.7 Å². The average Bonchev–Trinajstić information content (AvgIpc) is 3.34. The summed E-state index contributed by atoms with van der Waals surface area (Å²) in [7, 11) is 6.43. The number of allylic oxidation sites excluding steroid dienone is 1. The van der Waals surface area contributed by atoms with Crippen molar-refractivity contribution in [2.24, 2.45) is 22.9 Å². The molecule has 2 amide bonds. The van der Waals surface area contributed by atoms with Gasteiger partial charge in [0.05, 0.1) is 51.7 Å². The molecule has 0 bridgehead atoms. The number of methoxy groups -OCH3 is 3. The highest BCUT2D eigenvalue weighted by atomic mass is 16.7. The van der Waals surface area contributed by atoms with E-state index >= 15 is 0 Å². The molecule has 4 aromatic rings. The summed E-state index contributed by atoms with van der Waals surface area (Å²) in [5, 5.41) is 27.7. The number of ether oxygens (including phenoxy) is 6. The highest BCUT2D eigenvalue weighted by Crippen LogP contribution is 2.62. The SMILES string of the molecule is C=CCOC12Oc3ccc(OC(=O)Nc4ccc(OC)cc4OC)cc3C3C(CCCCO)C(CCCCO)C=C(C(=NOCc4ccccc4)CC1N(C)C(=O)Cc1cccc(OC)c1)C32. The average molecular weight is 918 g/mol. The number of aliphatic hydroxyl groups is 2. The Morgan fingerprint density at radius 1 is 0.866 bits per heavy atom. The number of benzene rings is 4. The maximum atomic E-state index is 14.6. The van der Waals surface area contributed by atoms with Gasteiger partial charge >= 0.3 is 6.09 Å². The zero-order valence-corrected chi connectivity index (χ0v) is 38.9. The van der Waals surface area contributed by atoms with Crippen LogP contribution in [0.15, 0.2) is 120 Å². The summed E-state index contributed by atoms with van der Waals surface area (Å²) in [4.78, 5) is 36.2. The Labute approximate surface area is 393 Å². The highest BCUT2D eigenvalue weighted by Gasteiger charge is 2.65. The number of nitrogens with zero attached hydrogens (tertiary/aromatic N) is 2. The molecule has 356 valence electrons. The molecule has 14 nitrogen and oxygen atoms in total. The topological polar surface area (TPSA) is 167 Å². The molecule has 1 saturated carbocycles. The lowest BCUT2D eigenvalue weighted by molar-refractivity contribution is -0.255. The van der Waals surface area contributed by atoms with Crippen LogP contribution in [0.5, 0.6) is 28.7 Å². The summed E-state index contributed by atoms with van der Waals surface area (Å²) in [6.45, 7) is 4.48. The second-order valence-electron chi connectivity index (χ2n) is 17.1. The number of aliphatic hydroxyl groups excluding tert-OH is 2. The molecule has 3 N–H and O–H groups in total. The van der Waals surface area contributed by atoms with Gasteiger partial charge in [0, 0.05) is 44.2 Å². The van der Waals surface area contributed by atoms with Crippen LogP contribution in [0.4, 0.5) is 10.5 Å². The van der Waals surface area contributed by atoms with Crippen molar-refractivity contribution in [2.45, 2.75) is 75.7 Å². The van der Waals surface area contributed by atoms with Gasteiger partial charge in [-0.15, -0.1) is 6.58 Å². The van der Waals surface area contributed by atoms with E-state index in [2.05, 4.69) is 18.0 Å². The van der Waals surface area contributed by atoms with Crippen LogP contribution in [0.3, 0.4) is 0 Å². The maximum absolute atomic E-state index is 14.6. The first-order chi connectivity index (χ1) is 32.7. The Hall–Kier alpha value is -6.35. The maximum Gasteiger partial charge on any atom is 0.417 e. The quantitative estimate of drug-likeness (QED) is 0.0392. The van der Waals surface area contributed by atoms with Crippen molar-refractivity contribution in [3.05, 3.63) is 132 Å². The van der Waals surface area contributed by atoms with Gasteiger partial charge in [0.15, 0.2) is 0 Å². The molecule has 14 heteroatoms. The number of oxime groups is 1. The first-order valence-electron chi connectivity index (χ1n) is 23.0. The molecule has 67 heavy (non-hydrogen) atoms. The number of unbranched alkanes of at least 4 members (excludes halogenated alkanes) is 2. The zero-order chi connectivity index (χ0) is 47.3. The van der Waals surface area contributed by atoms with Crippen molar-refractivity contribution in [1.29, 1.82) is 0 Å². The molecule has 0 spiro atoms. The number of rotatable bonds is 22. The van der Waals surface area contributed by atoms with Crippen molar-refractivity contribution in [1.82, 2.24) is 4.90 Å². The monoisotopic (exact) mass is 917 g/mol. The fraction of sp³-hybridized carbons (Fsp3) is 0.415. The molecule has 1 heterocycles. The van der Waals surface area contributed by atoms with Gasteiger partial charge in [-0.3, -0.25) is 10.1 Å². The minimum Gasteiger partial charge on any atom is -0.497 e. The van der Waals surface area contributed by atoms with Gasteiger partial charge in [-0.1, -0.05) is 72.6 Å². The summed E-state index contributed by atoms with van der Waals surface area (Å²) >= 11 is 0. The molecule has 3 aliphatic rings. The zero-order valence-electron chi connectivity index (χ0n) is 38.9. The first-order valence-corrected chi connectivity index (χ1v) is 23.0. The molecule has 0 aromatic heterocycles. The van der Waals surface area contributed by atoms with Gasteiger partial charge < -0.3 is 48.4 Å². The molecule has 0 radical (unpaired) electrons. The Kier molecular flexibility index (Phi) is 16.6. The lowest BCUT2D eigenvalue weighted by atomic mass is 9.55. The minimum absolute atomic E-state index is 0.00301. The molecule has 0 saturated heterocycles. The molecule has 1 aliphatic heterocycles. The fourth-order valence-electron chi connectivity index (χ4n) is 9.95. The van der Waals surface area contributed by atoms with Gasteiger partial charge in [0.1, 0.15) is 41.4 Å². The second kappa shape index (κ2) is 22.9. The molecule has 6 atom stereocenters. The number of nitrogens with one attached hydrogen (secondary N) is 1. The smallest absolute Gasteiger partial charge is 0.417 e. The molecule has 6 unspecified atom stereocenters. The second-order valence-corrected chi connectivity index (χ2v) is 17.1. The van der Waals surface area contributed by atoms with Crippen LogP contribution < -0.4 is 29.0 Å². The first kappa shape index (κ1) is 48.6. The molecular formula is C53H63N3O11. The van der Waals surface area contributed by atoms with Crippen LogP contribution in [0, 0.1) is 17.8 Å². The van der Waals surface area contributed by atoms with E-state index in [4.69, 9.17) is 38.4 Å². The Morgan fingerprint density at radius 3 is 2.33 bits per heavy atom. The lowest BCUT2D eigenvalue weighted by Gasteiger charge is -2.59. The number of hydrogen-bond donors (Lipinski definition) is 3. The third-order valence-electron chi connectivity index (χ3n) is 13.1. The summed E-state index contributed by atoms with van der Waals surface area (Å²) in [5.41, 5.74) is 4.50. The van der Waals surface area contributed by atoms with Gasteiger partial charge in [0.2, 0.25) is 11.7 Å². The van der Waals surface area contributed by atoms with Crippen LogP contribution in [0.2, 0.25) is 0 Å². The summed E-state index contributed by atoms with van der Waals surface area (Å²) in [6.07, 6.45) is 7.85. The molecule has 2 aliphatic carbocycles. The minimum atomic E-state index is -1.45. The Balaban J connectivity index is 1.36. The number of likely N-dealkylation sites (N-methyl/N-ethyl adjacent to an activating group) is 1. The number of carbonyl (C=O) groups is 2. The number of carbonyl (C=O) groups excluding carboxylic acids is 2. The fourth-order valence-corrected chi connectivity index (χ4v) is 9.95. The van der Waals surface area contributed by atoms with Crippen molar-refractivity contribution in [3.8, 4) is 28.7 Å². The van der Waals surface area contributed by atoms with Crippen LogP contribution in [-0.4, -0.2) is 92.9 Å². The molecule has 1 fully saturated rings. The number of amides is 2. The largest absolute Gasteiger partial charge is 0.497 e. The third kappa shape index (κ3) is 11.1. The Bertz CT molecular complexity index is 2390. The van der Waals surface area contributed by atoms with Crippen molar-refractivity contribution in [2.75, 3.05) is 53.5 Å². The van der Waals surface area contributed by atoms with Gasteiger partial charge in [0.25, 0.3) is 0 Å². The van der Waals surface area contributed by atoms with Crippen LogP contribution >= 0.6 is 0 Å². The van der Waals surface area contributed by atoms with Crippen molar-refractivity contribution >= 4 is 23.4 Å². The standard InChI is InChI=1S/C53H63N3O11/c1-6-27-64-53-48(56(2)49(59)29-36-17-14-19-38(28-36)61-3)33-45(55-65-34-35-15-8-7-9-16-35)42-30-37(18-10-12-25-57)41(20-11-13-26-58)50(51(42)53)43-31-40(22-24-46(43)67-53)66-52(60)54-44-23-21-39(62-4)32-47(44)63-5/h6-9,14-17,19,21-24,28,30-32,37,41,48,50-51,57-58H,1,10-13,18,20,25-27,29,33-34H2,2-5H3,(H,54,60). The molecule has 4 aromatic carbocycles. The van der Waals surface area contributed by atoms with Gasteiger partial charge in [-0.25, -0.2) is 4.79 Å². The van der Waals surface area contributed by atoms with E-state index < -0.39 is 23.8 Å². The lowest BCUT2D eigenvalue weighted by Crippen LogP contribution is -2.69. The number of anilines is 1. The predicted octanol–water partition coefficient (Wildman–Crippen LogP) is 8.86. The highest BCUT2D eigenvalue weighted by molar-refractivity contribution is 6.03. The normalized spacial score (nSPS) is 22.0.